The standard InChI is InChI=1S/C28H36N6O3/c1-32-20(10-13-26(35)29-16-19-8-11-21(37-3)12-9-19)17-30-28(36)27-24(32)14-15-34(27)18-25-31-22-6-4-5-7-23(22)33(25)2/h4-9,11-12,20,24,27H,10,13-18H2,1-3H3,(H,29,35)(H,30,36)/t20-,24-,27-/m0/s1. The molecule has 3 aromatic rings. The number of hydrogen-bond acceptors (Lipinski definition) is 6. The van der Waals surface area contributed by atoms with Crippen molar-refractivity contribution in [2.24, 2.45) is 7.05 Å². The van der Waals surface area contributed by atoms with Gasteiger partial charge in [-0.3, -0.25) is 19.4 Å². The first-order valence-electron chi connectivity index (χ1n) is 13.0. The van der Waals surface area contributed by atoms with Crippen molar-refractivity contribution in [3.63, 3.8) is 0 Å². The second-order valence-electron chi connectivity index (χ2n) is 10.1. The summed E-state index contributed by atoms with van der Waals surface area (Å²) in [7, 11) is 5.76. The summed E-state index contributed by atoms with van der Waals surface area (Å²) in [6, 6.07) is 15.8. The average molecular weight is 505 g/mol. The molecule has 0 bridgehead atoms. The summed E-state index contributed by atoms with van der Waals surface area (Å²) in [4.78, 5) is 35.1. The number of likely N-dealkylation sites (tertiary alicyclic amines) is 1. The van der Waals surface area contributed by atoms with Crippen molar-refractivity contribution in [1.82, 2.24) is 30.0 Å². The Morgan fingerprint density at radius 2 is 1.95 bits per heavy atom. The zero-order valence-electron chi connectivity index (χ0n) is 21.8. The number of ether oxygens (including phenoxy) is 1. The minimum atomic E-state index is -0.223. The van der Waals surface area contributed by atoms with Gasteiger partial charge < -0.3 is 19.9 Å². The van der Waals surface area contributed by atoms with Crippen LogP contribution in [0.4, 0.5) is 0 Å². The molecule has 2 amide bonds. The number of amides is 2. The van der Waals surface area contributed by atoms with E-state index in [0.29, 0.717) is 32.5 Å². The summed E-state index contributed by atoms with van der Waals surface area (Å²) in [5, 5.41) is 6.16. The summed E-state index contributed by atoms with van der Waals surface area (Å²) in [6.45, 7) is 2.51. The van der Waals surface area contributed by atoms with Crippen LogP contribution in [0.3, 0.4) is 0 Å². The maximum absolute atomic E-state index is 13.2. The number of para-hydroxylation sites is 2. The average Bonchev–Trinajstić information content (AvgIpc) is 3.45. The first-order valence-corrected chi connectivity index (χ1v) is 13.0. The van der Waals surface area contributed by atoms with Crippen molar-refractivity contribution in [2.75, 3.05) is 27.2 Å². The Kier molecular flexibility index (Phi) is 7.43. The molecular formula is C28H36N6O3. The molecule has 5 rings (SSSR count). The highest BCUT2D eigenvalue weighted by molar-refractivity contribution is 5.83. The normalized spacial score (nSPS) is 22.5. The largest absolute Gasteiger partial charge is 0.497 e. The van der Waals surface area contributed by atoms with Gasteiger partial charge in [0.2, 0.25) is 11.8 Å². The number of nitrogens with zero attached hydrogens (tertiary/aromatic N) is 4. The third-order valence-corrected chi connectivity index (χ3v) is 7.93. The quantitative estimate of drug-likeness (QED) is 0.488. The van der Waals surface area contributed by atoms with Gasteiger partial charge in [0.05, 0.1) is 24.7 Å². The van der Waals surface area contributed by atoms with Crippen molar-refractivity contribution in [3.8, 4) is 5.75 Å². The highest BCUT2D eigenvalue weighted by atomic mass is 16.5. The summed E-state index contributed by atoms with van der Waals surface area (Å²) in [5.41, 5.74) is 3.10. The Bertz CT molecular complexity index is 1260. The maximum atomic E-state index is 13.2. The Morgan fingerprint density at radius 1 is 1.16 bits per heavy atom. The molecule has 0 aliphatic carbocycles. The third-order valence-electron chi connectivity index (χ3n) is 7.93. The minimum Gasteiger partial charge on any atom is -0.497 e. The monoisotopic (exact) mass is 504 g/mol. The van der Waals surface area contributed by atoms with Gasteiger partial charge in [-0.2, -0.15) is 0 Å². The van der Waals surface area contributed by atoms with Crippen LogP contribution in [0.5, 0.6) is 5.75 Å². The van der Waals surface area contributed by atoms with Gasteiger partial charge in [-0.15, -0.1) is 0 Å². The van der Waals surface area contributed by atoms with Crippen LogP contribution in [0.25, 0.3) is 11.0 Å². The first kappa shape index (κ1) is 25.2. The smallest absolute Gasteiger partial charge is 0.239 e. The number of hydrogen-bond donors (Lipinski definition) is 2. The molecule has 37 heavy (non-hydrogen) atoms. The van der Waals surface area contributed by atoms with E-state index in [4.69, 9.17) is 9.72 Å². The van der Waals surface area contributed by atoms with Crippen LogP contribution in [0, 0.1) is 0 Å². The number of likely N-dealkylation sites (N-methyl/N-ethyl adjacent to an activating group) is 1. The second kappa shape index (κ2) is 10.9. The van der Waals surface area contributed by atoms with Gasteiger partial charge in [-0.1, -0.05) is 24.3 Å². The molecule has 196 valence electrons. The molecule has 9 heteroatoms. The molecule has 3 heterocycles. The lowest BCUT2D eigenvalue weighted by atomic mass is 10.0. The Hall–Kier alpha value is -3.43. The molecule has 0 saturated carbocycles. The predicted octanol–water partition coefficient (Wildman–Crippen LogP) is 2.05. The van der Waals surface area contributed by atoms with Gasteiger partial charge in [0.25, 0.3) is 0 Å². The van der Waals surface area contributed by atoms with Crippen LogP contribution in [-0.4, -0.2) is 76.5 Å². The highest BCUT2D eigenvalue weighted by Gasteiger charge is 2.45. The number of methoxy groups -OCH3 is 1. The fourth-order valence-electron chi connectivity index (χ4n) is 5.67. The minimum absolute atomic E-state index is 0.0197. The third kappa shape index (κ3) is 5.33. The molecule has 0 radical (unpaired) electrons. The number of nitrogens with one attached hydrogen (secondary N) is 2. The molecular weight excluding hydrogens is 468 g/mol. The first-order chi connectivity index (χ1) is 17.9. The van der Waals surface area contributed by atoms with Crippen LogP contribution in [0.2, 0.25) is 0 Å². The zero-order chi connectivity index (χ0) is 25.9. The number of benzene rings is 2. The number of rotatable bonds is 8. The van der Waals surface area contributed by atoms with Crippen LogP contribution in [0.15, 0.2) is 48.5 Å². The van der Waals surface area contributed by atoms with Gasteiger partial charge in [0.15, 0.2) is 0 Å². The van der Waals surface area contributed by atoms with Crippen LogP contribution in [-0.2, 0) is 29.7 Å². The fourth-order valence-corrected chi connectivity index (χ4v) is 5.67. The van der Waals surface area contributed by atoms with Crippen molar-refractivity contribution in [3.05, 3.63) is 59.9 Å². The van der Waals surface area contributed by atoms with Gasteiger partial charge in [0, 0.05) is 45.2 Å². The lowest BCUT2D eigenvalue weighted by Gasteiger charge is -2.33. The van der Waals surface area contributed by atoms with E-state index in [1.165, 1.54) is 0 Å². The highest BCUT2D eigenvalue weighted by Crippen LogP contribution is 2.29. The van der Waals surface area contributed by atoms with E-state index >= 15 is 0 Å². The second-order valence-corrected chi connectivity index (χ2v) is 10.1. The van der Waals surface area contributed by atoms with E-state index in [1.54, 1.807) is 7.11 Å². The van der Waals surface area contributed by atoms with E-state index in [-0.39, 0.29) is 29.9 Å². The fraction of sp³-hybridized carbons (Fsp3) is 0.464. The maximum Gasteiger partial charge on any atom is 0.239 e. The molecule has 2 saturated heterocycles. The zero-order valence-corrected chi connectivity index (χ0v) is 21.8. The topological polar surface area (TPSA) is 91.7 Å². The lowest BCUT2D eigenvalue weighted by Crippen LogP contribution is -2.49. The molecule has 9 nitrogen and oxygen atoms in total. The number of aromatic nitrogens is 2. The van der Waals surface area contributed by atoms with Crippen molar-refractivity contribution in [2.45, 2.75) is 50.5 Å². The summed E-state index contributed by atoms with van der Waals surface area (Å²) in [6.07, 6.45) is 2.03. The van der Waals surface area contributed by atoms with Crippen molar-refractivity contribution in [1.29, 1.82) is 0 Å². The number of carbonyl (C=O) groups is 2. The lowest BCUT2D eigenvalue weighted by molar-refractivity contribution is -0.126. The summed E-state index contributed by atoms with van der Waals surface area (Å²) < 4.78 is 7.30. The molecule has 0 unspecified atom stereocenters. The Balaban J connectivity index is 1.18. The van der Waals surface area contributed by atoms with Crippen molar-refractivity contribution < 1.29 is 14.3 Å². The molecule has 2 aromatic carbocycles. The molecule has 1 aromatic heterocycles. The molecule has 0 spiro atoms. The molecule has 2 N–H and O–H groups in total. The van der Waals surface area contributed by atoms with E-state index in [2.05, 4.69) is 38.1 Å². The van der Waals surface area contributed by atoms with Crippen molar-refractivity contribution >= 4 is 22.8 Å². The Labute approximate surface area is 217 Å². The summed E-state index contributed by atoms with van der Waals surface area (Å²) >= 11 is 0. The number of carbonyl (C=O) groups excluding carboxylic acids is 2. The van der Waals surface area contributed by atoms with Gasteiger partial charge in [-0.25, -0.2) is 4.98 Å². The van der Waals surface area contributed by atoms with Gasteiger partial charge >= 0.3 is 0 Å². The van der Waals surface area contributed by atoms with E-state index < -0.39 is 0 Å². The number of imidazole rings is 1. The molecule has 2 fully saturated rings. The molecule has 2 aliphatic heterocycles. The number of fused-ring (bicyclic) bond motifs is 2. The van der Waals surface area contributed by atoms with E-state index in [9.17, 15) is 9.59 Å². The Morgan fingerprint density at radius 3 is 2.70 bits per heavy atom. The van der Waals surface area contributed by atoms with Gasteiger partial charge in [-0.05, 0) is 49.7 Å². The van der Waals surface area contributed by atoms with Crippen LogP contribution >= 0.6 is 0 Å². The van der Waals surface area contributed by atoms with Crippen LogP contribution < -0.4 is 15.4 Å². The molecule has 3 atom stereocenters. The van der Waals surface area contributed by atoms with E-state index in [0.717, 1.165) is 41.1 Å². The molecule has 2 aliphatic rings. The number of aryl methyl sites for hydroxylation is 1. The van der Waals surface area contributed by atoms with E-state index in [1.807, 2.05) is 49.5 Å². The predicted molar refractivity (Wildman–Crippen MR) is 142 cm³/mol. The SMILES string of the molecule is COc1ccc(CNC(=O)CC[C@H]2CNC(=O)[C@@H]3[C@H](CCN3Cc3nc4ccccc4n3C)N2C)cc1. The summed E-state index contributed by atoms with van der Waals surface area (Å²) in [5.74, 6) is 1.85. The van der Waals surface area contributed by atoms with Crippen LogP contribution in [0.1, 0.15) is 30.7 Å². The van der Waals surface area contributed by atoms with Gasteiger partial charge in [0.1, 0.15) is 17.6 Å².